The molecule has 0 radical (unpaired) electrons. The number of rotatable bonds is 5. The highest BCUT2D eigenvalue weighted by atomic mass is 15.3. The van der Waals surface area contributed by atoms with E-state index in [0.717, 1.165) is 46.9 Å². The summed E-state index contributed by atoms with van der Waals surface area (Å²) in [6, 6.07) is 3.70. The quantitative estimate of drug-likeness (QED) is 0.854. The Morgan fingerprint density at radius 2 is 2.09 bits per heavy atom. The second-order valence-electron chi connectivity index (χ2n) is 5.46. The zero-order valence-corrected chi connectivity index (χ0v) is 13.5. The Balaban J connectivity index is 2.63. The van der Waals surface area contributed by atoms with Gasteiger partial charge < -0.3 is 5.73 Å². The number of hydrogen-bond acceptors (Lipinski definition) is 4. The van der Waals surface area contributed by atoms with E-state index in [1.54, 1.807) is 12.3 Å². The Bertz CT molecular complexity index is 764. The number of aliphatic imine (C=N–C) groups is 1. The minimum absolute atomic E-state index is 0.494. The van der Waals surface area contributed by atoms with Gasteiger partial charge in [0, 0.05) is 29.2 Å². The average molecular weight is 297 g/mol. The molecule has 0 spiro atoms. The lowest BCUT2D eigenvalue weighted by Gasteiger charge is -2.03. The van der Waals surface area contributed by atoms with E-state index in [2.05, 4.69) is 28.6 Å². The van der Waals surface area contributed by atoms with Crippen LogP contribution in [0, 0.1) is 0 Å². The number of anilines is 1. The minimum atomic E-state index is 0.494. The molecule has 0 aromatic carbocycles. The molecule has 0 aliphatic rings. The van der Waals surface area contributed by atoms with Crippen LogP contribution in [0.4, 0.5) is 5.82 Å². The first-order valence-corrected chi connectivity index (χ1v) is 7.51. The maximum atomic E-state index is 5.67. The highest BCUT2D eigenvalue weighted by Gasteiger charge is 2.06. The minimum Gasteiger partial charge on any atom is -0.384 e. The fraction of sp³-hybridized carbons (Fsp3) is 0.353. The SMILES string of the molecule is C=c1/c(=C(\N=C(C)C)c2ccc(N)nc2)cnn1CCCC. The van der Waals surface area contributed by atoms with Gasteiger partial charge in [-0.2, -0.15) is 5.10 Å². The Morgan fingerprint density at radius 1 is 1.32 bits per heavy atom. The second-order valence-corrected chi connectivity index (χ2v) is 5.46. The molecule has 0 amide bonds. The molecule has 5 heteroatoms. The first-order chi connectivity index (χ1) is 10.5. The molecule has 2 heterocycles. The van der Waals surface area contributed by atoms with Crippen molar-refractivity contribution in [1.82, 2.24) is 14.8 Å². The zero-order valence-electron chi connectivity index (χ0n) is 13.5. The largest absolute Gasteiger partial charge is 0.384 e. The molecule has 0 aliphatic carbocycles. The Kier molecular flexibility index (Phi) is 5.09. The van der Waals surface area contributed by atoms with Crippen molar-refractivity contribution in [3.8, 4) is 0 Å². The van der Waals surface area contributed by atoms with Gasteiger partial charge in [0.1, 0.15) is 5.82 Å². The van der Waals surface area contributed by atoms with Crippen LogP contribution >= 0.6 is 0 Å². The molecule has 0 unspecified atom stereocenters. The van der Waals surface area contributed by atoms with E-state index < -0.39 is 0 Å². The van der Waals surface area contributed by atoms with Gasteiger partial charge in [0.05, 0.1) is 17.2 Å². The summed E-state index contributed by atoms with van der Waals surface area (Å²) in [5.41, 5.74) is 8.38. The van der Waals surface area contributed by atoms with Crippen LogP contribution in [0.25, 0.3) is 12.3 Å². The number of aryl methyl sites for hydroxylation is 1. The maximum Gasteiger partial charge on any atom is 0.123 e. The molecule has 5 nitrogen and oxygen atoms in total. The van der Waals surface area contributed by atoms with Crippen LogP contribution in [0.3, 0.4) is 0 Å². The van der Waals surface area contributed by atoms with Crippen molar-refractivity contribution in [3.63, 3.8) is 0 Å². The lowest BCUT2D eigenvalue weighted by Crippen LogP contribution is -2.30. The zero-order chi connectivity index (χ0) is 16.1. The van der Waals surface area contributed by atoms with Crippen LogP contribution in [-0.4, -0.2) is 20.5 Å². The third-order valence-corrected chi connectivity index (χ3v) is 3.32. The predicted octanol–water partition coefficient (Wildman–Crippen LogP) is 1.71. The van der Waals surface area contributed by atoms with Crippen molar-refractivity contribution in [2.24, 2.45) is 4.99 Å². The second kappa shape index (κ2) is 7.02. The van der Waals surface area contributed by atoms with Gasteiger partial charge in [-0.1, -0.05) is 19.9 Å². The molecule has 0 aliphatic heterocycles. The van der Waals surface area contributed by atoms with E-state index >= 15 is 0 Å². The third kappa shape index (κ3) is 3.61. The Labute approximate surface area is 130 Å². The highest BCUT2D eigenvalue weighted by Crippen LogP contribution is 2.12. The summed E-state index contributed by atoms with van der Waals surface area (Å²) in [4.78, 5) is 8.82. The molecule has 2 rings (SSSR count). The highest BCUT2D eigenvalue weighted by molar-refractivity contribution is 5.85. The molecule has 116 valence electrons. The smallest absolute Gasteiger partial charge is 0.123 e. The van der Waals surface area contributed by atoms with Crippen molar-refractivity contribution in [2.45, 2.75) is 40.2 Å². The lowest BCUT2D eigenvalue weighted by atomic mass is 10.1. The van der Waals surface area contributed by atoms with E-state index in [4.69, 9.17) is 5.73 Å². The van der Waals surface area contributed by atoms with Gasteiger partial charge in [0.25, 0.3) is 0 Å². The number of pyridine rings is 1. The monoisotopic (exact) mass is 297 g/mol. The lowest BCUT2D eigenvalue weighted by molar-refractivity contribution is 0.559. The topological polar surface area (TPSA) is 69.1 Å². The van der Waals surface area contributed by atoms with Crippen LogP contribution in [-0.2, 0) is 6.54 Å². The fourth-order valence-electron chi connectivity index (χ4n) is 2.16. The number of aromatic nitrogens is 3. The van der Waals surface area contributed by atoms with Gasteiger partial charge in [-0.15, -0.1) is 0 Å². The van der Waals surface area contributed by atoms with Crippen LogP contribution in [0.15, 0.2) is 29.5 Å². The van der Waals surface area contributed by atoms with Crippen molar-refractivity contribution >= 4 is 23.8 Å². The first-order valence-electron chi connectivity index (χ1n) is 7.51. The van der Waals surface area contributed by atoms with Crippen LogP contribution in [0.5, 0.6) is 0 Å². The summed E-state index contributed by atoms with van der Waals surface area (Å²) in [5, 5.41) is 6.26. The molecule has 2 aromatic rings. The number of hydrogen-bond donors (Lipinski definition) is 1. The summed E-state index contributed by atoms with van der Waals surface area (Å²) < 4.78 is 1.93. The molecular formula is C17H23N5. The van der Waals surface area contributed by atoms with Gasteiger partial charge >= 0.3 is 0 Å². The molecule has 22 heavy (non-hydrogen) atoms. The number of nitrogen functional groups attached to an aromatic ring is 1. The summed E-state index contributed by atoms with van der Waals surface area (Å²) >= 11 is 0. The first kappa shape index (κ1) is 15.9. The van der Waals surface area contributed by atoms with Gasteiger partial charge in [-0.3, -0.25) is 9.67 Å². The van der Waals surface area contributed by atoms with Gasteiger partial charge in [-0.25, -0.2) is 4.98 Å². The third-order valence-electron chi connectivity index (χ3n) is 3.32. The number of unbranched alkanes of at least 4 members (excludes halogenated alkanes) is 1. The molecule has 0 saturated heterocycles. The van der Waals surface area contributed by atoms with E-state index in [1.165, 1.54) is 0 Å². The Hall–Kier alpha value is -2.43. The van der Waals surface area contributed by atoms with Crippen molar-refractivity contribution < 1.29 is 0 Å². The van der Waals surface area contributed by atoms with E-state index in [0.29, 0.717) is 5.82 Å². The Morgan fingerprint density at radius 3 is 2.68 bits per heavy atom. The molecule has 0 saturated carbocycles. The van der Waals surface area contributed by atoms with Crippen molar-refractivity contribution in [2.75, 3.05) is 5.73 Å². The molecule has 2 N–H and O–H groups in total. The normalized spacial score (nSPS) is 12.1. The van der Waals surface area contributed by atoms with E-state index in [9.17, 15) is 0 Å². The summed E-state index contributed by atoms with van der Waals surface area (Å²) in [7, 11) is 0. The number of nitrogens with zero attached hydrogens (tertiary/aromatic N) is 4. The predicted molar refractivity (Wildman–Crippen MR) is 91.8 cm³/mol. The summed E-state index contributed by atoms with van der Waals surface area (Å²) in [6.07, 6.45) is 5.77. The van der Waals surface area contributed by atoms with Gasteiger partial charge in [-0.05, 0) is 32.4 Å². The molecule has 0 bridgehead atoms. The molecule has 0 atom stereocenters. The standard InChI is InChI=1S/C17H23N5/c1-5-6-9-22-13(4)15(11-20-22)17(21-12(2)3)14-7-8-16(18)19-10-14/h7-8,10-11H,4-6,9H2,1-3H3,(H2,18,19)/b17-15-. The molecule has 0 fully saturated rings. The van der Waals surface area contributed by atoms with Crippen LogP contribution in [0.2, 0.25) is 0 Å². The summed E-state index contributed by atoms with van der Waals surface area (Å²) in [5.74, 6) is 0.494. The summed E-state index contributed by atoms with van der Waals surface area (Å²) in [6.45, 7) is 11.1. The maximum absolute atomic E-state index is 5.67. The fourth-order valence-corrected chi connectivity index (χ4v) is 2.16. The molecular weight excluding hydrogens is 274 g/mol. The van der Waals surface area contributed by atoms with Gasteiger partial charge in [0.15, 0.2) is 0 Å². The number of nitrogens with two attached hydrogens (primary N) is 1. The molecule has 2 aromatic heterocycles. The van der Waals surface area contributed by atoms with Crippen LogP contribution < -0.4 is 16.3 Å². The van der Waals surface area contributed by atoms with Crippen molar-refractivity contribution in [3.05, 3.63) is 40.7 Å². The van der Waals surface area contributed by atoms with Crippen LogP contribution in [0.1, 0.15) is 39.2 Å². The van der Waals surface area contributed by atoms with E-state index in [-0.39, 0.29) is 0 Å². The van der Waals surface area contributed by atoms with Crippen molar-refractivity contribution in [1.29, 1.82) is 0 Å². The average Bonchev–Trinajstić information content (AvgIpc) is 2.84. The van der Waals surface area contributed by atoms with E-state index in [1.807, 2.05) is 30.8 Å². The van der Waals surface area contributed by atoms with Gasteiger partial charge in [0.2, 0.25) is 0 Å².